The van der Waals surface area contributed by atoms with Gasteiger partial charge in [-0.3, -0.25) is 14.4 Å². The Morgan fingerprint density at radius 1 is 1.56 bits per heavy atom. The Morgan fingerprint density at radius 3 is 3.00 bits per heavy atom. The lowest BCUT2D eigenvalue weighted by Gasteiger charge is -2.36. The van der Waals surface area contributed by atoms with E-state index in [1.165, 1.54) is 23.1 Å². The highest BCUT2D eigenvalue weighted by Gasteiger charge is 2.40. The predicted octanol–water partition coefficient (Wildman–Crippen LogP) is -1.29. The number of β-lactam (4-membered cyclic amide) rings is 1. The second-order valence-electron chi connectivity index (χ2n) is 4.71. The number of thiazole rings is 1. The first-order valence-electron chi connectivity index (χ1n) is 6.97. The summed E-state index contributed by atoms with van der Waals surface area (Å²) in [6.07, 6.45) is 1.03. The summed E-state index contributed by atoms with van der Waals surface area (Å²) in [4.78, 5) is 47.1. The third-order valence-electron chi connectivity index (χ3n) is 2.93. The average molecular weight is 388 g/mol. The summed E-state index contributed by atoms with van der Waals surface area (Å²) in [6.45, 7) is 0.0805. The van der Waals surface area contributed by atoms with Gasteiger partial charge in [-0.2, -0.15) is 5.90 Å². The maximum atomic E-state index is 11.7. The summed E-state index contributed by atoms with van der Waals surface area (Å²) in [6, 6.07) is -0.712. The van der Waals surface area contributed by atoms with Crippen molar-refractivity contribution in [3.8, 4) is 0 Å². The summed E-state index contributed by atoms with van der Waals surface area (Å²) in [5.41, 5.74) is 6.07. The molecule has 0 bridgehead atoms. The zero-order valence-corrected chi connectivity index (χ0v) is 14.5. The van der Waals surface area contributed by atoms with Crippen LogP contribution in [-0.4, -0.2) is 46.2 Å². The molecule has 0 saturated carbocycles. The fourth-order valence-corrected chi connectivity index (χ4v) is 3.40. The van der Waals surface area contributed by atoms with Crippen LogP contribution < -0.4 is 22.3 Å². The molecule has 1 saturated heterocycles. The minimum absolute atomic E-state index is 0.0805. The third kappa shape index (κ3) is 5.88. The number of thioether (sulfide) groups is 1. The van der Waals surface area contributed by atoms with E-state index in [2.05, 4.69) is 25.6 Å². The van der Waals surface area contributed by atoms with E-state index < -0.39 is 17.9 Å². The molecule has 0 aliphatic carbocycles. The molecule has 11 nitrogen and oxygen atoms in total. The van der Waals surface area contributed by atoms with E-state index in [9.17, 15) is 14.4 Å². The van der Waals surface area contributed by atoms with Gasteiger partial charge in [0.2, 0.25) is 5.91 Å². The van der Waals surface area contributed by atoms with Gasteiger partial charge in [-0.25, -0.2) is 4.98 Å². The van der Waals surface area contributed by atoms with E-state index in [0.29, 0.717) is 16.6 Å². The van der Waals surface area contributed by atoms with Crippen molar-refractivity contribution in [1.29, 1.82) is 0 Å². The molecule has 2 heterocycles. The first-order valence-corrected chi connectivity index (χ1v) is 8.89. The smallest absolute Gasteiger partial charge is 0.325 e. The monoisotopic (exact) mass is 388 g/mol. The number of rotatable bonds is 9. The molecule has 1 aliphatic rings. The van der Waals surface area contributed by atoms with Crippen LogP contribution in [0.15, 0.2) is 10.5 Å². The van der Waals surface area contributed by atoms with Crippen LogP contribution in [0.1, 0.15) is 12.1 Å². The molecule has 0 spiro atoms. The summed E-state index contributed by atoms with van der Waals surface area (Å²) in [7, 11) is 0. The molecule has 1 aromatic heterocycles. The topological polar surface area (TPSA) is 171 Å². The van der Waals surface area contributed by atoms with Crippen molar-refractivity contribution in [1.82, 2.24) is 15.6 Å². The van der Waals surface area contributed by atoms with E-state index >= 15 is 0 Å². The number of nitrogen functional groups attached to an aromatic ring is 1. The molecule has 0 aromatic carbocycles. The molecule has 1 fully saturated rings. The predicted molar refractivity (Wildman–Crippen MR) is 91.0 cm³/mol. The fourth-order valence-electron chi connectivity index (χ4n) is 1.73. The lowest BCUT2D eigenvalue weighted by Crippen LogP contribution is -2.67. The Morgan fingerprint density at radius 2 is 2.36 bits per heavy atom. The molecular formula is C12H16N6O5S2. The van der Waals surface area contributed by atoms with Crippen molar-refractivity contribution < 1.29 is 24.1 Å². The van der Waals surface area contributed by atoms with E-state index in [1.807, 2.05) is 0 Å². The second-order valence-corrected chi connectivity index (χ2v) is 6.85. The highest BCUT2D eigenvalue weighted by atomic mass is 32.2. The number of nitrogens with one attached hydrogen (secondary N) is 2. The number of amides is 2. The molecule has 0 radical (unpaired) electrons. The summed E-state index contributed by atoms with van der Waals surface area (Å²) >= 11 is 2.56. The van der Waals surface area contributed by atoms with Gasteiger partial charge < -0.3 is 26.0 Å². The van der Waals surface area contributed by atoms with E-state index in [4.69, 9.17) is 16.5 Å². The quantitative estimate of drug-likeness (QED) is 0.228. The number of nitrogens with two attached hydrogens (primary N) is 2. The van der Waals surface area contributed by atoms with Crippen LogP contribution in [0.3, 0.4) is 0 Å². The lowest BCUT2D eigenvalue weighted by molar-refractivity contribution is -0.143. The minimum Gasteiger partial charge on any atom is -0.389 e. The molecule has 1 aliphatic heterocycles. The van der Waals surface area contributed by atoms with Crippen molar-refractivity contribution in [3.63, 3.8) is 0 Å². The second kappa shape index (κ2) is 9.19. The van der Waals surface area contributed by atoms with Crippen LogP contribution in [0.4, 0.5) is 5.13 Å². The van der Waals surface area contributed by atoms with E-state index in [-0.39, 0.29) is 24.3 Å². The largest absolute Gasteiger partial charge is 0.389 e. The van der Waals surface area contributed by atoms with Crippen LogP contribution in [0.2, 0.25) is 0 Å². The van der Waals surface area contributed by atoms with Gasteiger partial charge in [0.25, 0.3) is 5.91 Å². The van der Waals surface area contributed by atoms with Crippen LogP contribution in [-0.2, 0) is 30.7 Å². The van der Waals surface area contributed by atoms with Crippen molar-refractivity contribution in [2.75, 3.05) is 11.5 Å². The van der Waals surface area contributed by atoms with Crippen molar-refractivity contribution >= 4 is 52.2 Å². The summed E-state index contributed by atoms with van der Waals surface area (Å²) in [5.74, 6) is 3.67. The number of hydrogen-bond acceptors (Lipinski definition) is 11. The van der Waals surface area contributed by atoms with Gasteiger partial charge >= 0.3 is 5.97 Å². The van der Waals surface area contributed by atoms with Gasteiger partial charge in [0.1, 0.15) is 17.6 Å². The molecule has 13 heteroatoms. The number of oxime groups is 1. The number of carbonyl (C=O) groups excluding carboxylic acids is 3. The van der Waals surface area contributed by atoms with E-state index in [1.54, 1.807) is 5.38 Å². The Kier molecular flexibility index (Phi) is 6.97. The standard InChI is InChI=1S/C12H16N6O5S2/c13-12-16-6(5-25-12)4-22-15-3-7(19)17-9-10(21)18-11(9)24-2-1-8(20)23-14/h3,5,9,11H,1-2,4,14H2,(H2,13,16)(H,17,19)(H,18,21)/t9-,11-/m1/s1. The summed E-state index contributed by atoms with van der Waals surface area (Å²) in [5, 5.41) is 10.4. The number of aromatic nitrogens is 1. The minimum atomic E-state index is -0.712. The van der Waals surface area contributed by atoms with Crippen LogP contribution >= 0.6 is 23.1 Å². The van der Waals surface area contributed by atoms with Crippen LogP contribution in [0.5, 0.6) is 0 Å². The zero-order valence-electron chi connectivity index (χ0n) is 12.8. The third-order valence-corrected chi connectivity index (χ3v) is 4.84. The molecule has 6 N–H and O–H groups in total. The molecule has 136 valence electrons. The molecule has 2 atom stereocenters. The van der Waals surface area contributed by atoms with Crippen LogP contribution in [0.25, 0.3) is 0 Å². The van der Waals surface area contributed by atoms with Gasteiger partial charge in [0, 0.05) is 11.1 Å². The zero-order chi connectivity index (χ0) is 18.2. The Hall–Kier alpha value is -2.38. The first kappa shape index (κ1) is 19.0. The fraction of sp³-hybridized carbons (Fsp3) is 0.417. The van der Waals surface area contributed by atoms with Crippen molar-refractivity contribution in [2.45, 2.75) is 24.4 Å². The van der Waals surface area contributed by atoms with Gasteiger partial charge in [0.05, 0.1) is 12.1 Å². The normalized spacial score (nSPS) is 19.2. The summed E-state index contributed by atoms with van der Waals surface area (Å²) < 4.78 is 0. The molecule has 0 unspecified atom stereocenters. The average Bonchev–Trinajstić information content (AvgIpc) is 3.01. The van der Waals surface area contributed by atoms with E-state index in [0.717, 1.165) is 6.21 Å². The molecule has 2 amide bonds. The van der Waals surface area contributed by atoms with Gasteiger partial charge in [-0.15, -0.1) is 23.1 Å². The molecule has 1 aromatic rings. The maximum Gasteiger partial charge on any atom is 0.325 e. The molecular weight excluding hydrogens is 372 g/mol. The van der Waals surface area contributed by atoms with Crippen molar-refractivity contribution in [3.05, 3.63) is 11.1 Å². The number of carbonyl (C=O) groups is 3. The Labute approximate surface area is 150 Å². The van der Waals surface area contributed by atoms with Gasteiger partial charge in [-0.1, -0.05) is 5.16 Å². The maximum absolute atomic E-state index is 11.7. The highest BCUT2D eigenvalue weighted by Crippen LogP contribution is 2.20. The molecule has 2 rings (SSSR count). The Balaban J connectivity index is 1.68. The van der Waals surface area contributed by atoms with Gasteiger partial charge in [-0.05, 0) is 0 Å². The number of anilines is 1. The number of nitrogens with zero attached hydrogens (tertiary/aromatic N) is 2. The molecule has 25 heavy (non-hydrogen) atoms. The highest BCUT2D eigenvalue weighted by molar-refractivity contribution is 8.00. The first-order chi connectivity index (χ1) is 12.0. The SMILES string of the molecule is NOC(=O)CCS[C@H]1NC(=O)[C@H]1NC(=O)C=NOCc1csc(N)n1. The van der Waals surface area contributed by atoms with Crippen molar-refractivity contribution in [2.24, 2.45) is 11.1 Å². The van der Waals surface area contributed by atoms with Crippen LogP contribution in [0, 0.1) is 0 Å². The number of hydrogen-bond donors (Lipinski definition) is 4. The Bertz CT molecular complexity index is 666. The lowest BCUT2D eigenvalue weighted by atomic mass is 10.1. The van der Waals surface area contributed by atoms with Gasteiger partial charge in [0.15, 0.2) is 11.7 Å².